The summed E-state index contributed by atoms with van der Waals surface area (Å²) in [6.07, 6.45) is 3.47. The molecule has 0 unspecified atom stereocenters. The molecule has 1 amide bonds. The minimum Gasteiger partial charge on any atom is -0.463 e. The van der Waals surface area contributed by atoms with E-state index < -0.39 is 9.84 Å². The van der Waals surface area contributed by atoms with Crippen molar-refractivity contribution < 1.29 is 17.6 Å². The number of nitrogens with one attached hydrogen (secondary N) is 1. The maximum atomic E-state index is 12.6. The minimum absolute atomic E-state index is 0.0478. The number of fused-ring (bicyclic) bond motifs is 1. The Balaban J connectivity index is 1.60. The van der Waals surface area contributed by atoms with Gasteiger partial charge in [-0.2, -0.15) is 5.10 Å². The second-order valence-corrected chi connectivity index (χ2v) is 8.05. The highest BCUT2D eigenvalue weighted by Crippen LogP contribution is 2.27. The zero-order valence-corrected chi connectivity index (χ0v) is 13.5. The number of rotatable bonds is 3. The normalized spacial score (nSPS) is 19.6. The van der Waals surface area contributed by atoms with Gasteiger partial charge in [0.15, 0.2) is 9.84 Å². The van der Waals surface area contributed by atoms with Gasteiger partial charge in [0, 0.05) is 11.5 Å². The molecular weight excluding hydrogens is 330 g/mol. The largest absolute Gasteiger partial charge is 0.463 e. The molecule has 0 radical (unpaired) electrons. The standard InChI is InChI=1S/C16H15N3O4S/c20-16(13-9-23-14-4-2-1-3-12(13)14)18-15-5-7-17-19(15)11-6-8-24(21,22)10-11/h1-5,7,9,11H,6,8,10H2,(H,18,20)/t11-/m1/s1. The van der Waals surface area contributed by atoms with E-state index in [4.69, 9.17) is 4.42 Å². The first-order chi connectivity index (χ1) is 11.5. The zero-order valence-electron chi connectivity index (χ0n) is 12.7. The quantitative estimate of drug-likeness (QED) is 0.785. The predicted molar refractivity (Wildman–Crippen MR) is 88.7 cm³/mol. The second-order valence-electron chi connectivity index (χ2n) is 5.82. The summed E-state index contributed by atoms with van der Waals surface area (Å²) in [5.41, 5.74) is 1.07. The van der Waals surface area contributed by atoms with Crippen LogP contribution in [0.15, 0.2) is 47.2 Å². The van der Waals surface area contributed by atoms with Crippen LogP contribution in [0.5, 0.6) is 0 Å². The number of hydrogen-bond donors (Lipinski definition) is 1. The van der Waals surface area contributed by atoms with E-state index in [-0.39, 0.29) is 23.5 Å². The van der Waals surface area contributed by atoms with Crippen LogP contribution in [-0.4, -0.2) is 35.6 Å². The summed E-state index contributed by atoms with van der Waals surface area (Å²) in [7, 11) is -3.03. The van der Waals surface area contributed by atoms with E-state index in [0.29, 0.717) is 23.4 Å². The van der Waals surface area contributed by atoms with Crippen LogP contribution in [0, 0.1) is 0 Å². The molecule has 2 aromatic heterocycles. The molecule has 24 heavy (non-hydrogen) atoms. The van der Waals surface area contributed by atoms with Gasteiger partial charge in [-0.15, -0.1) is 0 Å². The highest BCUT2D eigenvalue weighted by molar-refractivity contribution is 7.91. The molecule has 0 bridgehead atoms. The predicted octanol–water partition coefficient (Wildman–Crippen LogP) is 2.24. The van der Waals surface area contributed by atoms with Gasteiger partial charge in [0.1, 0.15) is 17.7 Å². The number of sulfone groups is 1. The lowest BCUT2D eigenvalue weighted by atomic mass is 10.1. The monoisotopic (exact) mass is 345 g/mol. The maximum Gasteiger partial charge on any atom is 0.260 e. The Kier molecular flexibility index (Phi) is 3.42. The molecule has 1 aromatic carbocycles. The number of aromatic nitrogens is 2. The van der Waals surface area contributed by atoms with Gasteiger partial charge in [0.2, 0.25) is 0 Å². The first-order valence-corrected chi connectivity index (χ1v) is 9.37. The molecule has 0 aliphatic carbocycles. The smallest absolute Gasteiger partial charge is 0.260 e. The summed E-state index contributed by atoms with van der Waals surface area (Å²) in [6.45, 7) is 0. The molecule has 3 aromatic rings. The summed E-state index contributed by atoms with van der Waals surface area (Å²) in [4.78, 5) is 12.6. The molecule has 7 nitrogen and oxygen atoms in total. The number of carbonyl (C=O) groups excluding carboxylic acids is 1. The first kappa shape index (κ1) is 14.9. The number of benzene rings is 1. The van der Waals surface area contributed by atoms with Crippen LogP contribution in [0.4, 0.5) is 5.82 Å². The molecule has 1 aliphatic heterocycles. The van der Waals surface area contributed by atoms with Crippen molar-refractivity contribution in [1.29, 1.82) is 0 Å². The van der Waals surface area contributed by atoms with Gasteiger partial charge in [0.05, 0.1) is 29.3 Å². The third kappa shape index (κ3) is 2.58. The molecule has 4 rings (SSSR count). The number of amides is 1. The maximum absolute atomic E-state index is 12.6. The van der Waals surface area contributed by atoms with E-state index in [1.54, 1.807) is 23.0 Å². The summed E-state index contributed by atoms with van der Waals surface area (Å²) >= 11 is 0. The van der Waals surface area contributed by atoms with Gasteiger partial charge in [0.25, 0.3) is 5.91 Å². The summed E-state index contributed by atoms with van der Waals surface area (Å²) in [5.74, 6) is 0.360. The Bertz CT molecular complexity index is 1020. The molecule has 1 N–H and O–H groups in total. The average molecular weight is 345 g/mol. The molecule has 1 atom stereocenters. The Morgan fingerprint density at radius 2 is 2.12 bits per heavy atom. The van der Waals surface area contributed by atoms with Crippen molar-refractivity contribution in [2.24, 2.45) is 0 Å². The van der Waals surface area contributed by atoms with Crippen LogP contribution in [0.25, 0.3) is 11.0 Å². The third-order valence-corrected chi connectivity index (χ3v) is 5.94. The molecule has 3 heterocycles. The number of carbonyl (C=O) groups is 1. The van der Waals surface area contributed by atoms with Crippen molar-refractivity contribution in [1.82, 2.24) is 9.78 Å². The zero-order chi connectivity index (χ0) is 16.7. The Hall–Kier alpha value is -2.61. The molecule has 124 valence electrons. The van der Waals surface area contributed by atoms with Crippen LogP contribution >= 0.6 is 0 Å². The van der Waals surface area contributed by atoms with E-state index in [2.05, 4.69) is 10.4 Å². The van der Waals surface area contributed by atoms with Gasteiger partial charge >= 0.3 is 0 Å². The Labute approximate surface area is 138 Å². The second kappa shape index (κ2) is 5.48. The molecule has 0 spiro atoms. The number of para-hydroxylation sites is 1. The SMILES string of the molecule is O=C(Nc1ccnn1[C@@H]1CCS(=O)(=O)C1)c1coc2ccccc12. The lowest BCUT2D eigenvalue weighted by Crippen LogP contribution is -2.19. The van der Waals surface area contributed by atoms with Gasteiger partial charge in [-0.3, -0.25) is 4.79 Å². The van der Waals surface area contributed by atoms with Crippen molar-refractivity contribution in [3.8, 4) is 0 Å². The fourth-order valence-electron chi connectivity index (χ4n) is 3.01. The fraction of sp³-hybridized carbons (Fsp3) is 0.250. The van der Waals surface area contributed by atoms with Crippen LogP contribution < -0.4 is 5.32 Å². The van der Waals surface area contributed by atoms with Crippen molar-refractivity contribution in [2.75, 3.05) is 16.8 Å². The van der Waals surface area contributed by atoms with E-state index in [9.17, 15) is 13.2 Å². The number of hydrogen-bond acceptors (Lipinski definition) is 5. The molecular formula is C16H15N3O4S. The van der Waals surface area contributed by atoms with Crippen molar-refractivity contribution in [3.63, 3.8) is 0 Å². The van der Waals surface area contributed by atoms with Gasteiger partial charge < -0.3 is 9.73 Å². The first-order valence-electron chi connectivity index (χ1n) is 7.55. The van der Waals surface area contributed by atoms with Crippen molar-refractivity contribution in [2.45, 2.75) is 12.5 Å². The van der Waals surface area contributed by atoms with E-state index in [1.807, 2.05) is 18.2 Å². The topological polar surface area (TPSA) is 94.2 Å². The minimum atomic E-state index is -3.03. The molecule has 1 saturated heterocycles. The van der Waals surface area contributed by atoms with Crippen molar-refractivity contribution in [3.05, 3.63) is 48.4 Å². The van der Waals surface area contributed by atoms with Gasteiger partial charge in [-0.1, -0.05) is 18.2 Å². The molecule has 0 saturated carbocycles. The highest BCUT2D eigenvalue weighted by Gasteiger charge is 2.31. The van der Waals surface area contributed by atoms with Crippen molar-refractivity contribution >= 4 is 32.5 Å². The fourth-order valence-corrected chi connectivity index (χ4v) is 4.70. The van der Waals surface area contributed by atoms with Gasteiger partial charge in [-0.05, 0) is 12.5 Å². The van der Waals surface area contributed by atoms with E-state index >= 15 is 0 Å². The van der Waals surface area contributed by atoms with Crippen LogP contribution in [-0.2, 0) is 9.84 Å². The Morgan fingerprint density at radius 3 is 2.92 bits per heavy atom. The number of furan rings is 1. The molecule has 1 aliphatic rings. The van der Waals surface area contributed by atoms with Crippen LogP contribution in [0.3, 0.4) is 0 Å². The van der Waals surface area contributed by atoms with E-state index in [0.717, 1.165) is 5.39 Å². The van der Waals surface area contributed by atoms with E-state index in [1.165, 1.54) is 6.26 Å². The Morgan fingerprint density at radius 1 is 1.29 bits per heavy atom. The molecule has 8 heteroatoms. The lowest BCUT2D eigenvalue weighted by Gasteiger charge is -2.13. The number of anilines is 1. The molecule has 1 fully saturated rings. The highest BCUT2D eigenvalue weighted by atomic mass is 32.2. The van der Waals surface area contributed by atoms with Gasteiger partial charge in [-0.25, -0.2) is 13.1 Å². The van der Waals surface area contributed by atoms with Crippen LogP contribution in [0.1, 0.15) is 22.8 Å². The third-order valence-electron chi connectivity index (χ3n) is 4.19. The summed E-state index contributed by atoms with van der Waals surface area (Å²) in [6, 6.07) is 8.69. The number of nitrogens with zero attached hydrogens (tertiary/aromatic N) is 2. The van der Waals surface area contributed by atoms with Crippen LogP contribution in [0.2, 0.25) is 0 Å². The lowest BCUT2D eigenvalue weighted by molar-refractivity contribution is 0.102. The summed E-state index contributed by atoms with van der Waals surface area (Å²) < 4.78 is 30.3. The average Bonchev–Trinajstić information content (AvgIpc) is 3.24. The summed E-state index contributed by atoms with van der Waals surface area (Å²) in [5, 5.41) is 7.70.